The molecule has 0 saturated heterocycles. The van der Waals surface area contributed by atoms with E-state index in [2.05, 4.69) is 17.6 Å². The summed E-state index contributed by atoms with van der Waals surface area (Å²) in [6, 6.07) is -0.109. The summed E-state index contributed by atoms with van der Waals surface area (Å²) in [6.07, 6.45) is 8.13. The van der Waals surface area contributed by atoms with Gasteiger partial charge in [0.2, 0.25) is 5.91 Å². The normalized spacial score (nSPS) is 22.8. The summed E-state index contributed by atoms with van der Waals surface area (Å²) in [6.45, 7) is 2.82. The summed E-state index contributed by atoms with van der Waals surface area (Å²) in [5.41, 5.74) is 4.96. The van der Waals surface area contributed by atoms with Gasteiger partial charge in [0.1, 0.15) is 0 Å². The Morgan fingerprint density at radius 3 is 2.58 bits per heavy atom. The van der Waals surface area contributed by atoms with Crippen molar-refractivity contribution >= 4 is 11.9 Å². The van der Waals surface area contributed by atoms with Crippen molar-refractivity contribution in [3.63, 3.8) is 0 Å². The monoisotopic (exact) mass is 269 g/mol. The maximum atomic E-state index is 11.8. The molecule has 3 amide bonds. The van der Waals surface area contributed by atoms with Gasteiger partial charge < -0.3 is 16.4 Å². The van der Waals surface area contributed by atoms with E-state index >= 15 is 0 Å². The van der Waals surface area contributed by atoms with Crippen LogP contribution in [0.15, 0.2) is 0 Å². The Hall–Kier alpha value is -1.26. The van der Waals surface area contributed by atoms with Crippen LogP contribution in [0, 0.1) is 5.92 Å². The summed E-state index contributed by atoms with van der Waals surface area (Å²) in [7, 11) is 0. The zero-order valence-corrected chi connectivity index (χ0v) is 11.9. The molecular formula is C14H27N3O2. The zero-order chi connectivity index (χ0) is 14.1. The molecule has 1 fully saturated rings. The highest BCUT2D eigenvalue weighted by molar-refractivity contribution is 5.76. The number of carbonyl (C=O) groups excluding carboxylic acids is 2. The van der Waals surface area contributed by atoms with Crippen LogP contribution in [0.5, 0.6) is 0 Å². The van der Waals surface area contributed by atoms with Crippen molar-refractivity contribution in [3.05, 3.63) is 0 Å². The standard InChI is InChI=1S/C14H27N3O2/c1-11-7-4-5-8-12(11)17-13(18)9-3-2-6-10-16-14(15)19/h11-12H,2-10H2,1H3,(H,17,18)(H3,15,16,19)/t11-,12+/m0/s1. The number of hydrogen-bond acceptors (Lipinski definition) is 2. The maximum Gasteiger partial charge on any atom is 0.312 e. The van der Waals surface area contributed by atoms with Crippen LogP contribution in [0.3, 0.4) is 0 Å². The van der Waals surface area contributed by atoms with Gasteiger partial charge in [-0.1, -0.05) is 26.2 Å². The summed E-state index contributed by atoms with van der Waals surface area (Å²) in [4.78, 5) is 22.2. The van der Waals surface area contributed by atoms with Gasteiger partial charge in [-0.2, -0.15) is 0 Å². The fourth-order valence-electron chi connectivity index (χ4n) is 2.61. The Morgan fingerprint density at radius 1 is 1.16 bits per heavy atom. The van der Waals surface area contributed by atoms with Gasteiger partial charge in [-0.25, -0.2) is 4.79 Å². The van der Waals surface area contributed by atoms with Crippen molar-refractivity contribution in [2.75, 3.05) is 6.54 Å². The fourth-order valence-corrected chi connectivity index (χ4v) is 2.61. The van der Waals surface area contributed by atoms with E-state index in [1.54, 1.807) is 0 Å². The molecule has 2 atom stereocenters. The predicted octanol–water partition coefficient (Wildman–Crippen LogP) is 1.91. The molecule has 0 heterocycles. The third-order valence-corrected chi connectivity index (χ3v) is 3.84. The summed E-state index contributed by atoms with van der Waals surface area (Å²) >= 11 is 0. The van der Waals surface area contributed by atoms with Crippen LogP contribution in [0.4, 0.5) is 4.79 Å². The fraction of sp³-hybridized carbons (Fsp3) is 0.857. The smallest absolute Gasteiger partial charge is 0.312 e. The molecule has 5 nitrogen and oxygen atoms in total. The second kappa shape index (κ2) is 8.77. The average Bonchev–Trinajstić information content (AvgIpc) is 2.36. The maximum absolute atomic E-state index is 11.8. The predicted molar refractivity (Wildman–Crippen MR) is 75.6 cm³/mol. The number of amides is 3. The van der Waals surface area contributed by atoms with Crippen LogP contribution in [-0.2, 0) is 4.79 Å². The van der Waals surface area contributed by atoms with Crippen molar-refractivity contribution in [2.45, 2.75) is 64.3 Å². The minimum absolute atomic E-state index is 0.168. The highest BCUT2D eigenvalue weighted by atomic mass is 16.2. The molecule has 1 saturated carbocycles. The van der Waals surface area contributed by atoms with E-state index in [0.29, 0.717) is 24.9 Å². The van der Waals surface area contributed by atoms with Crippen molar-refractivity contribution in [1.82, 2.24) is 10.6 Å². The summed E-state index contributed by atoms with van der Waals surface area (Å²) in [5, 5.41) is 5.69. The number of nitrogens with two attached hydrogens (primary N) is 1. The SMILES string of the molecule is C[C@H]1CCCC[C@H]1NC(=O)CCCCCNC(N)=O. The molecule has 1 aliphatic rings. The van der Waals surface area contributed by atoms with Crippen molar-refractivity contribution < 1.29 is 9.59 Å². The molecule has 4 N–H and O–H groups in total. The first-order chi connectivity index (χ1) is 9.09. The second-order valence-electron chi connectivity index (χ2n) is 5.54. The van der Waals surface area contributed by atoms with E-state index < -0.39 is 6.03 Å². The van der Waals surface area contributed by atoms with Crippen molar-refractivity contribution in [3.8, 4) is 0 Å². The first kappa shape index (κ1) is 15.8. The number of unbranched alkanes of at least 4 members (excludes halogenated alkanes) is 2. The van der Waals surface area contributed by atoms with Gasteiger partial charge in [0, 0.05) is 19.0 Å². The molecule has 0 unspecified atom stereocenters. The molecule has 0 spiro atoms. The molecule has 0 aliphatic heterocycles. The van der Waals surface area contributed by atoms with Crippen LogP contribution in [0.2, 0.25) is 0 Å². The number of urea groups is 1. The molecule has 0 bridgehead atoms. The van der Waals surface area contributed by atoms with Gasteiger partial charge in [-0.15, -0.1) is 0 Å². The lowest BCUT2D eigenvalue weighted by Gasteiger charge is -2.29. The van der Waals surface area contributed by atoms with Gasteiger partial charge in [-0.3, -0.25) is 4.79 Å². The minimum Gasteiger partial charge on any atom is -0.353 e. The number of nitrogens with one attached hydrogen (secondary N) is 2. The Labute approximate surface area is 115 Å². The summed E-state index contributed by atoms with van der Waals surface area (Å²) < 4.78 is 0. The minimum atomic E-state index is -0.482. The third kappa shape index (κ3) is 7.03. The van der Waals surface area contributed by atoms with Crippen LogP contribution in [0.25, 0.3) is 0 Å². The molecule has 0 radical (unpaired) electrons. The average molecular weight is 269 g/mol. The molecule has 110 valence electrons. The van der Waals surface area contributed by atoms with E-state index in [4.69, 9.17) is 5.73 Å². The zero-order valence-electron chi connectivity index (χ0n) is 11.9. The van der Waals surface area contributed by atoms with Gasteiger partial charge in [-0.05, 0) is 31.6 Å². The Balaban J connectivity index is 2.02. The molecular weight excluding hydrogens is 242 g/mol. The largest absolute Gasteiger partial charge is 0.353 e. The number of rotatable bonds is 7. The molecule has 1 aliphatic carbocycles. The van der Waals surface area contributed by atoms with Crippen LogP contribution >= 0.6 is 0 Å². The van der Waals surface area contributed by atoms with E-state index in [1.165, 1.54) is 19.3 Å². The van der Waals surface area contributed by atoms with E-state index in [1.807, 2.05) is 0 Å². The Kier molecular flexibility index (Phi) is 7.30. The molecule has 19 heavy (non-hydrogen) atoms. The number of hydrogen-bond donors (Lipinski definition) is 3. The number of primary amides is 1. The second-order valence-corrected chi connectivity index (χ2v) is 5.54. The Bertz CT molecular complexity index is 294. The molecule has 0 aromatic heterocycles. The van der Waals surface area contributed by atoms with E-state index in [0.717, 1.165) is 25.7 Å². The van der Waals surface area contributed by atoms with Gasteiger partial charge >= 0.3 is 6.03 Å². The van der Waals surface area contributed by atoms with Crippen LogP contribution in [-0.4, -0.2) is 24.5 Å². The topological polar surface area (TPSA) is 84.2 Å². The molecule has 5 heteroatoms. The molecule has 0 aromatic rings. The van der Waals surface area contributed by atoms with Crippen molar-refractivity contribution in [1.29, 1.82) is 0 Å². The molecule has 0 aromatic carbocycles. The molecule has 1 rings (SSSR count). The van der Waals surface area contributed by atoms with Crippen molar-refractivity contribution in [2.24, 2.45) is 11.7 Å². The summed E-state index contributed by atoms with van der Waals surface area (Å²) in [5.74, 6) is 0.777. The van der Waals surface area contributed by atoms with Gasteiger partial charge in [0.25, 0.3) is 0 Å². The quantitative estimate of drug-likeness (QED) is 0.617. The highest BCUT2D eigenvalue weighted by Gasteiger charge is 2.22. The third-order valence-electron chi connectivity index (χ3n) is 3.84. The van der Waals surface area contributed by atoms with Gasteiger partial charge in [0.05, 0.1) is 0 Å². The van der Waals surface area contributed by atoms with Crippen LogP contribution in [0.1, 0.15) is 58.3 Å². The first-order valence-corrected chi connectivity index (χ1v) is 7.42. The van der Waals surface area contributed by atoms with E-state index in [9.17, 15) is 9.59 Å². The lowest BCUT2D eigenvalue weighted by atomic mass is 9.86. The first-order valence-electron chi connectivity index (χ1n) is 7.42. The highest BCUT2D eigenvalue weighted by Crippen LogP contribution is 2.23. The van der Waals surface area contributed by atoms with Crippen LogP contribution < -0.4 is 16.4 Å². The number of carbonyl (C=O) groups is 2. The van der Waals surface area contributed by atoms with E-state index in [-0.39, 0.29) is 5.91 Å². The lowest BCUT2D eigenvalue weighted by molar-refractivity contribution is -0.122. The lowest BCUT2D eigenvalue weighted by Crippen LogP contribution is -2.40. The Morgan fingerprint density at radius 2 is 1.89 bits per heavy atom. The van der Waals surface area contributed by atoms with Gasteiger partial charge in [0.15, 0.2) is 0 Å².